The molecule has 0 fully saturated rings. The Kier molecular flexibility index (Phi) is 3.92. The fourth-order valence-electron chi connectivity index (χ4n) is 1.17. The van der Waals surface area contributed by atoms with Gasteiger partial charge in [-0.25, -0.2) is 4.79 Å². The van der Waals surface area contributed by atoms with Crippen molar-refractivity contribution in [1.29, 1.82) is 0 Å². The third-order valence-corrected chi connectivity index (χ3v) is 1.94. The summed E-state index contributed by atoms with van der Waals surface area (Å²) >= 11 is 0. The van der Waals surface area contributed by atoms with E-state index in [1.165, 1.54) is 0 Å². The summed E-state index contributed by atoms with van der Waals surface area (Å²) in [7, 11) is 0. The van der Waals surface area contributed by atoms with E-state index in [0.29, 0.717) is 6.07 Å². The molecule has 1 aromatic carbocycles. The van der Waals surface area contributed by atoms with Gasteiger partial charge in [0.25, 0.3) is 0 Å². The third kappa shape index (κ3) is 3.45. The summed E-state index contributed by atoms with van der Waals surface area (Å²) in [6.07, 6.45) is -6.90. The smallest absolute Gasteiger partial charge is 0.479 e. The summed E-state index contributed by atoms with van der Waals surface area (Å²) < 4.78 is 39.7. The van der Waals surface area contributed by atoms with Gasteiger partial charge in [-0.3, -0.25) is 4.79 Å². The lowest BCUT2D eigenvalue weighted by atomic mass is 10.1. The van der Waals surface area contributed by atoms with Crippen molar-refractivity contribution in [2.45, 2.75) is 12.5 Å². The molecule has 0 aliphatic heterocycles. The minimum atomic E-state index is -5.02. The van der Waals surface area contributed by atoms with Gasteiger partial charge in [-0.05, 0) is 17.7 Å². The van der Waals surface area contributed by atoms with E-state index in [-0.39, 0.29) is 11.8 Å². The molecule has 8 heteroatoms. The van der Waals surface area contributed by atoms with Crippen LogP contribution in [0, 0.1) is 0 Å². The largest absolute Gasteiger partial charge is 0.573 e. The summed E-state index contributed by atoms with van der Waals surface area (Å²) in [5, 5.41) is 17.7. The van der Waals surface area contributed by atoms with Crippen molar-refractivity contribution in [2.24, 2.45) is 0 Å². The number of aliphatic hydroxyl groups excluding tert-OH is 1. The molecular weight excluding hydrogens is 257 g/mol. The number of carboxylic acid groups (broad SMARTS) is 1. The summed E-state index contributed by atoms with van der Waals surface area (Å²) in [5.41, 5.74) is -0.735. The molecule has 1 aromatic rings. The predicted molar refractivity (Wildman–Crippen MR) is 51.1 cm³/mol. The average Bonchev–Trinajstić information content (AvgIpc) is 2.25. The van der Waals surface area contributed by atoms with E-state index in [1.807, 2.05) is 0 Å². The van der Waals surface area contributed by atoms with Crippen LogP contribution >= 0.6 is 0 Å². The molecule has 2 N–H and O–H groups in total. The molecule has 0 aliphatic carbocycles. The van der Waals surface area contributed by atoms with Crippen molar-refractivity contribution in [2.75, 3.05) is 0 Å². The molecule has 1 rings (SSSR count). The van der Waals surface area contributed by atoms with Crippen LogP contribution in [-0.4, -0.2) is 28.8 Å². The van der Waals surface area contributed by atoms with Gasteiger partial charge in [0, 0.05) is 0 Å². The first-order valence-electron chi connectivity index (χ1n) is 4.50. The van der Waals surface area contributed by atoms with E-state index in [1.54, 1.807) is 0 Å². The number of alkyl halides is 3. The Morgan fingerprint density at radius 1 is 1.39 bits per heavy atom. The van der Waals surface area contributed by atoms with Gasteiger partial charge in [-0.2, -0.15) is 0 Å². The number of hydrogen-bond acceptors (Lipinski definition) is 4. The highest BCUT2D eigenvalue weighted by atomic mass is 19.4. The molecule has 0 amide bonds. The number of hydrogen-bond donors (Lipinski definition) is 2. The zero-order valence-corrected chi connectivity index (χ0v) is 8.64. The summed E-state index contributed by atoms with van der Waals surface area (Å²) in [5.74, 6) is -2.50. The average molecular weight is 264 g/mol. The van der Waals surface area contributed by atoms with Crippen molar-refractivity contribution in [3.8, 4) is 5.75 Å². The molecule has 0 bridgehead atoms. The highest BCUT2D eigenvalue weighted by Gasteiger charge is 2.32. The number of halogens is 3. The van der Waals surface area contributed by atoms with Gasteiger partial charge in [0.1, 0.15) is 5.75 Å². The molecule has 18 heavy (non-hydrogen) atoms. The van der Waals surface area contributed by atoms with Gasteiger partial charge in [0.15, 0.2) is 12.4 Å². The minimum Gasteiger partial charge on any atom is -0.479 e. The normalized spacial score (nSPS) is 12.9. The fraction of sp³-hybridized carbons (Fsp3) is 0.200. The van der Waals surface area contributed by atoms with E-state index >= 15 is 0 Å². The molecule has 0 aromatic heterocycles. The Labute approximate surface area is 98.4 Å². The molecular formula is C10H7F3O5. The lowest BCUT2D eigenvalue weighted by Gasteiger charge is -2.13. The molecule has 1 atom stereocenters. The molecule has 0 heterocycles. The molecule has 1 unspecified atom stereocenters. The Bertz CT molecular complexity index is 469. The van der Waals surface area contributed by atoms with Gasteiger partial charge in [-0.1, -0.05) is 6.07 Å². The van der Waals surface area contributed by atoms with Crippen molar-refractivity contribution < 1.29 is 37.7 Å². The topological polar surface area (TPSA) is 83.8 Å². The third-order valence-electron chi connectivity index (χ3n) is 1.94. The zero-order valence-electron chi connectivity index (χ0n) is 8.64. The maximum atomic E-state index is 12.0. The van der Waals surface area contributed by atoms with Crippen LogP contribution in [0.25, 0.3) is 0 Å². The summed E-state index contributed by atoms with van der Waals surface area (Å²) in [6, 6.07) is 2.59. The first kappa shape index (κ1) is 14.0. The maximum absolute atomic E-state index is 12.0. The molecule has 0 radical (unpaired) electrons. The maximum Gasteiger partial charge on any atom is 0.573 e. The Morgan fingerprint density at radius 2 is 2.00 bits per heavy atom. The molecule has 0 aliphatic rings. The molecule has 0 spiro atoms. The van der Waals surface area contributed by atoms with Crippen LogP contribution in [0.3, 0.4) is 0 Å². The minimum absolute atomic E-state index is 0.123. The van der Waals surface area contributed by atoms with Crippen molar-refractivity contribution in [3.05, 3.63) is 29.3 Å². The number of ether oxygens (including phenoxy) is 1. The quantitative estimate of drug-likeness (QED) is 0.805. The lowest BCUT2D eigenvalue weighted by Crippen LogP contribution is -2.19. The number of carboxylic acids is 1. The van der Waals surface area contributed by atoms with Crippen LogP contribution in [0.1, 0.15) is 22.0 Å². The number of aliphatic hydroxyl groups is 1. The second-order valence-electron chi connectivity index (χ2n) is 3.20. The van der Waals surface area contributed by atoms with Crippen LogP contribution < -0.4 is 4.74 Å². The molecule has 0 saturated heterocycles. The van der Waals surface area contributed by atoms with Gasteiger partial charge in [-0.15, -0.1) is 13.2 Å². The number of rotatable bonds is 4. The van der Waals surface area contributed by atoms with Crippen LogP contribution in [-0.2, 0) is 4.79 Å². The standard InChI is InChI=1S/C10H7F3O5/c11-10(12,13)18-7-3-5(8(15)9(16)17)1-2-6(7)4-14/h1-4,8,15H,(H,16,17). The van der Waals surface area contributed by atoms with Crippen molar-refractivity contribution in [1.82, 2.24) is 0 Å². The Hall–Kier alpha value is -2.09. The van der Waals surface area contributed by atoms with E-state index in [9.17, 15) is 22.8 Å². The molecule has 98 valence electrons. The lowest BCUT2D eigenvalue weighted by molar-refractivity contribution is -0.274. The van der Waals surface area contributed by atoms with E-state index in [0.717, 1.165) is 12.1 Å². The summed E-state index contributed by atoms with van der Waals surface area (Å²) in [6.45, 7) is 0. The number of benzene rings is 1. The SMILES string of the molecule is O=Cc1ccc(C(O)C(=O)O)cc1OC(F)(F)F. The van der Waals surface area contributed by atoms with E-state index in [4.69, 9.17) is 10.2 Å². The van der Waals surface area contributed by atoms with Crippen molar-refractivity contribution in [3.63, 3.8) is 0 Å². The number of carbonyl (C=O) groups is 2. The Morgan fingerprint density at radius 3 is 2.44 bits per heavy atom. The summed E-state index contributed by atoms with van der Waals surface area (Å²) in [4.78, 5) is 21.0. The van der Waals surface area contributed by atoms with Gasteiger partial charge < -0.3 is 14.9 Å². The fourth-order valence-corrected chi connectivity index (χ4v) is 1.17. The Balaban J connectivity index is 3.17. The predicted octanol–water partition coefficient (Wildman–Crippen LogP) is 1.52. The van der Waals surface area contributed by atoms with E-state index < -0.39 is 29.7 Å². The first-order chi connectivity index (χ1) is 8.24. The number of carbonyl (C=O) groups excluding carboxylic acids is 1. The monoisotopic (exact) mass is 264 g/mol. The van der Waals surface area contributed by atoms with Gasteiger partial charge in [0.05, 0.1) is 5.56 Å². The molecule has 5 nitrogen and oxygen atoms in total. The number of aldehydes is 1. The first-order valence-corrected chi connectivity index (χ1v) is 4.50. The van der Waals surface area contributed by atoms with Crippen LogP contribution in [0.5, 0.6) is 5.75 Å². The second-order valence-corrected chi connectivity index (χ2v) is 3.20. The second kappa shape index (κ2) is 5.05. The van der Waals surface area contributed by atoms with Crippen LogP contribution in [0.4, 0.5) is 13.2 Å². The van der Waals surface area contributed by atoms with Gasteiger partial charge in [0.2, 0.25) is 0 Å². The van der Waals surface area contributed by atoms with Crippen LogP contribution in [0.15, 0.2) is 18.2 Å². The van der Waals surface area contributed by atoms with Gasteiger partial charge >= 0.3 is 12.3 Å². The van der Waals surface area contributed by atoms with Crippen molar-refractivity contribution >= 4 is 12.3 Å². The van der Waals surface area contributed by atoms with Crippen LogP contribution in [0.2, 0.25) is 0 Å². The number of aliphatic carboxylic acids is 1. The zero-order chi connectivity index (χ0) is 13.9. The highest BCUT2D eigenvalue weighted by Crippen LogP contribution is 2.28. The van der Waals surface area contributed by atoms with E-state index in [2.05, 4.69) is 4.74 Å². The molecule has 0 saturated carbocycles. The highest BCUT2D eigenvalue weighted by molar-refractivity contribution is 5.80.